The van der Waals surface area contributed by atoms with Crippen LogP contribution in [0, 0.1) is 5.82 Å². The number of urea groups is 1. The molecule has 0 aliphatic carbocycles. The highest BCUT2D eigenvalue weighted by molar-refractivity contribution is 6.39. The summed E-state index contributed by atoms with van der Waals surface area (Å²) in [6.45, 7) is 6.10. The third-order valence-electron chi connectivity index (χ3n) is 5.86. The summed E-state index contributed by atoms with van der Waals surface area (Å²) in [5.74, 6) is -1.12. The molecule has 3 aromatic carbocycles. The average Bonchev–Trinajstić information content (AvgIpc) is 2.93. The number of nitrogens with zero attached hydrogens (tertiary/aromatic N) is 1. The van der Waals surface area contributed by atoms with Gasteiger partial charge in [-0.05, 0) is 62.7 Å². The Hall–Kier alpha value is -4.57. The molecule has 0 atom stereocenters. The van der Waals surface area contributed by atoms with Gasteiger partial charge in [0, 0.05) is 11.6 Å². The number of amides is 4. The number of barbiturate groups is 1. The summed E-state index contributed by atoms with van der Waals surface area (Å²) in [7, 11) is 0. The highest BCUT2D eigenvalue weighted by Gasteiger charge is 2.38. The SMILES string of the molecule is CCOc1ccc(OCC)c(N2C(=O)NC(=O)/C(=C\c3cc(Cl)c(OCc4ccccc4F)c(OCC)c3)C2=O)c1. The lowest BCUT2D eigenvalue weighted by Gasteiger charge is -2.28. The van der Waals surface area contributed by atoms with Gasteiger partial charge in [-0.15, -0.1) is 0 Å². The van der Waals surface area contributed by atoms with Crippen LogP contribution in [0.3, 0.4) is 0 Å². The van der Waals surface area contributed by atoms with Gasteiger partial charge in [0.2, 0.25) is 0 Å². The zero-order valence-corrected chi connectivity index (χ0v) is 23.4. The van der Waals surface area contributed by atoms with Crippen molar-refractivity contribution in [2.75, 3.05) is 24.7 Å². The van der Waals surface area contributed by atoms with Crippen LogP contribution in [0.25, 0.3) is 6.08 Å². The van der Waals surface area contributed by atoms with Crippen molar-refractivity contribution in [3.05, 3.63) is 82.1 Å². The Bertz CT molecular complexity index is 1510. The second-order valence-corrected chi connectivity index (χ2v) is 9.00. The predicted molar refractivity (Wildman–Crippen MR) is 151 cm³/mol. The molecule has 1 saturated heterocycles. The van der Waals surface area contributed by atoms with Crippen LogP contribution < -0.4 is 29.2 Å². The zero-order chi connectivity index (χ0) is 29.5. The molecule has 1 heterocycles. The van der Waals surface area contributed by atoms with Gasteiger partial charge in [-0.25, -0.2) is 14.1 Å². The van der Waals surface area contributed by atoms with Crippen LogP contribution in [0.2, 0.25) is 5.02 Å². The Morgan fingerprint density at radius 2 is 1.59 bits per heavy atom. The van der Waals surface area contributed by atoms with E-state index in [1.54, 1.807) is 51.1 Å². The molecule has 0 aromatic heterocycles. The van der Waals surface area contributed by atoms with Crippen LogP contribution >= 0.6 is 11.6 Å². The number of carbonyl (C=O) groups excluding carboxylic acids is 3. The Morgan fingerprint density at radius 3 is 2.29 bits per heavy atom. The molecular weight excluding hydrogens is 555 g/mol. The number of ether oxygens (including phenoxy) is 4. The molecule has 1 aliphatic heterocycles. The fourth-order valence-corrected chi connectivity index (χ4v) is 4.36. The van der Waals surface area contributed by atoms with Gasteiger partial charge in [-0.2, -0.15) is 0 Å². The van der Waals surface area contributed by atoms with E-state index in [4.69, 9.17) is 30.5 Å². The minimum atomic E-state index is -0.934. The van der Waals surface area contributed by atoms with E-state index < -0.39 is 23.7 Å². The number of imide groups is 2. The number of carbonyl (C=O) groups is 3. The molecule has 1 N–H and O–H groups in total. The number of halogens is 2. The smallest absolute Gasteiger partial charge is 0.336 e. The van der Waals surface area contributed by atoms with Crippen molar-refractivity contribution in [3.8, 4) is 23.0 Å². The lowest BCUT2D eigenvalue weighted by Crippen LogP contribution is -2.54. The van der Waals surface area contributed by atoms with Gasteiger partial charge in [-0.1, -0.05) is 29.8 Å². The molecule has 0 unspecified atom stereocenters. The minimum Gasteiger partial charge on any atom is -0.494 e. The highest BCUT2D eigenvalue weighted by atomic mass is 35.5. The summed E-state index contributed by atoms with van der Waals surface area (Å²) >= 11 is 6.51. The van der Waals surface area contributed by atoms with E-state index in [0.29, 0.717) is 23.5 Å². The van der Waals surface area contributed by atoms with Gasteiger partial charge in [-0.3, -0.25) is 14.9 Å². The van der Waals surface area contributed by atoms with Crippen LogP contribution in [-0.4, -0.2) is 37.7 Å². The maximum absolute atomic E-state index is 14.1. The molecule has 4 rings (SSSR count). The van der Waals surface area contributed by atoms with Crippen LogP contribution in [0.1, 0.15) is 31.9 Å². The standard InChI is InChI=1S/C30H28ClFN2O7/c1-4-38-20-11-12-25(39-5-2)24(16-20)34-29(36)21(28(35)33-30(34)37)13-18-14-22(31)27(26(15-18)40-6-3)41-17-19-9-7-8-10-23(19)32/h7-16H,4-6,17H2,1-3H3,(H,33,35,37)/b21-13+. The molecule has 9 nitrogen and oxygen atoms in total. The Balaban J connectivity index is 1.70. The van der Waals surface area contributed by atoms with Crippen molar-refractivity contribution in [1.29, 1.82) is 0 Å². The maximum atomic E-state index is 14.1. The Morgan fingerprint density at radius 1 is 0.878 bits per heavy atom. The van der Waals surface area contributed by atoms with E-state index in [9.17, 15) is 18.8 Å². The number of anilines is 1. The normalized spacial score (nSPS) is 14.2. The molecule has 3 aromatic rings. The third-order valence-corrected chi connectivity index (χ3v) is 6.14. The molecule has 1 fully saturated rings. The summed E-state index contributed by atoms with van der Waals surface area (Å²) in [6.07, 6.45) is 1.29. The van der Waals surface area contributed by atoms with Crippen molar-refractivity contribution >= 4 is 41.2 Å². The van der Waals surface area contributed by atoms with E-state index >= 15 is 0 Å². The van der Waals surface area contributed by atoms with Gasteiger partial charge >= 0.3 is 6.03 Å². The Labute approximate surface area is 241 Å². The number of hydrogen-bond donors (Lipinski definition) is 1. The van der Waals surface area contributed by atoms with Crippen LogP contribution in [0.4, 0.5) is 14.9 Å². The molecule has 0 saturated carbocycles. The first-order chi connectivity index (χ1) is 19.8. The summed E-state index contributed by atoms with van der Waals surface area (Å²) in [6, 6.07) is 13.0. The average molecular weight is 583 g/mol. The molecular formula is C30H28ClFN2O7. The van der Waals surface area contributed by atoms with Gasteiger partial charge in [0.05, 0.1) is 30.5 Å². The van der Waals surface area contributed by atoms with Gasteiger partial charge in [0.25, 0.3) is 11.8 Å². The van der Waals surface area contributed by atoms with Gasteiger partial charge in [0.15, 0.2) is 11.5 Å². The number of hydrogen-bond acceptors (Lipinski definition) is 7. The minimum absolute atomic E-state index is 0.103. The summed E-state index contributed by atoms with van der Waals surface area (Å²) in [4.78, 5) is 40.1. The molecule has 0 spiro atoms. The molecule has 0 bridgehead atoms. The Kier molecular flexibility index (Phi) is 9.46. The quantitative estimate of drug-likeness (QED) is 0.221. The van der Waals surface area contributed by atoms with E-state index in [1.165, 1.54) is 30.3 Å². The van der Waals surface area contributed by atoms with Crippen LogP contribution in [-0.2, 0) is 16.2 Å². The molecule has 214 valence electrons. The second-order valence-electron chi connectivity index (χ2n) is 8.60. The lowest BCUT2D eigenvalue weighted by molar-refractivity contribution is -0.122. The third kappa shape index (κ3) is 6.60. The molecule has 1 aliphatic rings. The second kappa shape index (κ2) is 13.2. The van der Waals surface area contributed by atoms with Crippen molar-refractivity contribution < 1.29 is 37.7 Å². The summed E-state index contributed by atoms with van der Waals surface area (Å²) in [5.41, 5.74) is 0.444. The fraction of sp³-hybridized carbons (Fsp3) is 0.233. The van der Waals surface area contributed by atoms with Crippen molar-refractivity contribution in [3.63, 3.8) is 0 Å². The first-order valence-corrected chi connectivity index (χ1v) is 13.3. The van der Waals surface area contributed by atoms with Crippen molar-refractivity contribution in [1.82, 2.24) is 5.32 Å². The first kappa shape index (κ1) is 29.4. The molecule has 11 heteroatoms. The van der Waals surface area contributed by atoms with Crippen molar-refractivity contribution in [2.45, 2.75) is 27.4 Å². The molecule has 41 heavy (non-hydrogen) atoms. The maximum Gasteiger partial charge on any atom is 0.336 e. The van der Waals surface area contributed by atoms with Crippen molar-refractivity contribution in [2.24, 2.45) is 0 Å². The molecule has 0 radical (unpaired) electrons. The highest BCUT2D eigenvalue weighted by Crippen LogP contribution is 2.39. The first-order valence-electron chi connectivity index (χ1n) is 12.9. The number of benzene rings is 3. The van der Waals surface area contributed by atoms with E-state index in [-0.39, 0.29) is 53.4 Å². The molecule has 4 amide bonds. The largest absolute Gasteiger partial charge is 0.494 e. The number of rotatable bonds is 11. The van der Waals surface area contributed by atoms with Crippen LogP contribution in [0.5, 0.6) is 23.0 Å². The zero-order valence-electron chi connectivity index (χ0n) is 22.7. The fourth-order valence-electron chi connectivity index (χ4n) is 4.09. The van der Waals surface area contributed by atoms with Crippen LogP contribution in [0.15, 0.2) is 60.2 Å². The summed E-state index contributed by atoms with van der Waals surface area (Å²) in [5, 5.41) is 2.31. The lowest BCUT2D eigenvalue weighted by atomic mass is 10.1. The summed E-state index contributed by atoms with van der Waals surface area (Å²) < 4.78 is 36.7. The predicted octanol–water partition coefficient (Wildman–Crippen LogP) is 5.92. The van der Waals surface area contributed by atoms with Gasteiger partial charge < -0.3 is 18.9 Å². The van der Waals surface area contributed by atoms with E-state index in [2.05, 4.69) is 5.32 Å². The van der Waals surface area contributed by atoms with E-state index in [0.717, 1.165) is 4.90 Å². The number of nitrogens with one attached hydrogen (secondary N) is 1. The monoisotopic (exact) mass is 582 g/mol. The topological polar surface area (TPSA) is 103 Å². The van der Waals surface area contributed by atoms with E-state index in [1.807, 2.05) is 0 Å². The van der Waals surface area contributed by atoms with Gasteiger partial charge in [0.1, 0.15) is 29.5 Å².